The molecule has 0 saturated carbocycles. The van der Waals surface area contributed by atoms with Gasteiger partial charge < -0.3 is 19.3 Å². The molecule has 4 heterocycles. The van der Waals surface area contributed by atoms with Crippen LogP contribution in [0.3, 0.4) is 0 Å². The van der Waals surface area contributed by atoms with Crippen LogP contribution in [0.25, 0.3) is 10.9 Å². The van der Waals surface area contributed by atoms with Gasteiger partial charge in [-0.15, -0.1) is 12.4 Å². The van der Waals surface area contributed by atoms with Crippen LogP contribution in [0.4, 0.5) is 5.82 Å². The largest absolute Gasteiger partial charge is 0.350 e. The topological polar surface area (TPSA) is 44.6 Å². The van der Waals surface area contributed by atoms with Gasteiger partial charge in [-0.3, -0.25) is 4.79 Å². The van der Waals surface area contributed by atoms with Crippen molar-refractivity contribution in [2.45, 2.75) is 46.7 Å². The molecule has 0 atom stereocenters. The van der Waals surface area contributed by atoms with Crippen molar-refractivity contribution in [1.29, 1.82) is 0 Å². The number of halogens is 1. The van der Waals surface area contributed by atoms with E-state index in [1.165, 1.54) is 33.3 Å². The molecule has 0 radical (unpaired) electrons. The fourth-order valence-electron chi connectivity index (χ4n) is 5.32. The van der Waals surface area contributed by atoms with Crippen LogP contribution in [0.1, 0.15) is 46.2 Å². The van der Waals surface area contributed by atoms with Gasteiger partial charge in [0.05, 0.1) is 5.52 Å². The van der Waals surface area contributed by atoms with Gasteiger partial charge >= 0.3 is 0 Å². The molecule has 1 aromatic carbocycles. The first-order valence-corrected chi connectivity index (χ1v) is 12.3. The number of fused-ring (bicyclic) bond motifs is 2. The standard InChI is InChI=1S/C27H35N5O.ClH/c1-5-11-32-20(3)19(2)23-17-24(27(33)30-15-13-29(4)14-16-30)28-26(25(23)32)31-12-10-21-8-6-7-9-22(21)18-31;/h6-9,17H,5,10-16,18H2,1-4H3;1H. The number of likely N-dealkylation sites (N-methyl/N-ethyl adjacent to an activating group) is 1. The van der Waals surface area contributed by atoms with Gasteiger partial charge in [-0.1, -0.05) is 31.2 Å². The predicted molar refractivity (Wildman–Crippen MR) is 141 cm³/mol. The van der Waals surface area contributed by atoms with Crippen molar-refractivity contribution in [3.05, 3.63) is 58.4 Å². The van der Waals surface area contributed by atoms with E-state index in [1.807, 2.05) is 11.0 Å². The third-order valence-corrected chi connectivity index (χ3v) is 7.48. The highest BCUT2D eigenvalue weighted by atomic mass is 35.5. The highest BCUT2D eigenvalue weighted by Gasteiger charge is 2.27. The maximum Gasteiger partial charge on any atom is 0.272 e. The maximum absolute atomic E-state index is 13.5. The lowest BCUT2D eigenvalue weighted by Gasteiger charge is -2.33. The number of rotatable bonds is 4. The van der Waals surface area contributed by atoms with E-state index in [1.54, 1.807) is 0 Å². The van der Waals surface area contributed by atoms with Crippen molar-refractivity contribution in [1.82, 2.24) is 19.4 Å². The van der Waals surface area contributed by atoms with Gasteiger partial charge in [0.15, 0.2) is 5.82 Å². The quantitative estimate of drug-likeness (QED) is 0.552. The van der Waals surface area contributed by atoms with E-state index in [4.69, 9.17) is 4.98 Å². The minimum Gasteiger partial charge on any atom is -0.350 e. The average Bonchev–Trinajstić information content (AvgIpc) is 3.08. The summed E-state index contributed by atoms with van der Waals surface area (Å²) in [6.45, 7) is 12.7. The van der Waals surface area contributed by atoms with Gasteiger partial charge in [-0.05, 0) is 56.5 Å². The summed E-state index contributed by atoms with van der Waals surface area (Å²) in [6.07, 6.45) is 2.07. The van der Waals surface area contributed by atoms with Crippen LogP contribution in [-0.2, 0) is 19.5 Å². The normalized spacial score (nSPS) is 16.5. The molecule has 2 aromatic heterocycles. The maximum atomic E-state index is 13.5. The molecule has 1 fully saturated rings. The van der Waals surface area contributed by atoms with Crippen LogP contribution >= 0.6 is 12.4 Å². The molecule has 182 valence electrons. The third-order valence-electron chi connectivity index (χ3n) is 7.48. The zero-order valence-corrected chi connectivity index (χ0v) is 21.6. The summed E-state index contributed by atoms with van der Waals surface area (Å²) in [5.41, 5.74) is 7.07. The van der Waals surface area contributed by atoms with E-state index < -0.39 is 0 Å². The van der Waals surface area contributed by atoms with E-state index in [0.29, 0.717) is 5.69 Å². The lowest BCUT2D eigenvalue weighted by molar-refractivity contribution is 0.0658. The van der Waals surface area contributed by atoms with Crippen molar-refractivity contribution in [2.75, 3.05) is 44.7 Å². The number of carbonyl (C=O) groups excluding carboxylic acids is 1. The number of amides is 1. The Morgan fingerprint density at radius 1 is 1.03 bits per heavy atom. The summed E-state index contributed by atoms with van der Waals surface area (Å²) in [6, 6.07) is 10.7. The highest BCUT2D eigenvalue weighted by molar-refractivity contribution is 6.01. The summed E-state index contributed by atoms with van der Waals surface area (Å²) in [7, 11) is 2.11. The Labute approximate surface area is 209 Å². The molecule has 1 saturated heterocycles. The molecule has 3 aromatic rings. The van der Waals surface area contributed by atoms with Crippen LogP contribution in [0, 0.1) is 13.8 Å². The monoisotopic (exact) mass is 481 g/mol. The Morgan fingerprint density at radius 2 is 1.74 bits per heavy atom. The molecule has 2 aliphatic rings. The van der Waals surface area contributed by atoms with E-state index in [2.05, 4.69) is 66.5 Å². The van der Waals surface area contributed by atoms with Crippen molar-refractivity contribution >= 4 is 35.0 Å². The van der Waals surface area contributed by atoms with Gasteiger partial charge in [-0.25, -0.2) is 4.98 Å². The second kappa shape index (κ2) is 9.96. The Morgan fingerprint density at radius 3 is 2.44 bits per heavy atom. The fraction of sp³-hybridized carbons (Fsp3) is 0.481. The smallest absolute Gasteiger partial charge is 0.272 e. The first-order chi connectivity index (χ1) is 16.0. The van der Waals surface area contributed by atoms with E-state index in [0.717, 1.165) is 64.5 Å². The van der Waals surface area contributed by atoms with Crippen molar-refractivity contribution in [3.8, 4) is 0 Å². The molecule has 0 N–H and O–H groups in total. The SMILES string of the molecule is CCCn1c(C)c(C)c2cc(C(=O)N3CCN(C)CC3)nc(N3CCc4ccccc4C3)c21.Cl. The van der Waals surface area contributed by atoms with Gasteiger partial charge in [0, 0.05) is 56.9 Å². The number of hydrogen-bond donors (Lipinski definition) is 0. The Hall–Kier alpha value is -2.57. The summed E-state index contributed by atoms with van der Waals surface area (Å²) < 4.78 is 2.41. The molecule has 34 heavy (non-hydrogen) atoms. The summed E-state index contributed by atoms with van der Waals surface area (Å²) in [5, 5.41) is 1.17. The number of piperazine rings is 1. The summed E-state index contributed by atoms with van der Waals surface area (Å²) in [5.74, 6) is 1.02. The molecule has 7 heteroatoms. The first kappa shape index (κ1) is 24.6. The lowest BCUT2D eigenvalue weighted by atomic mass is 10.00. The van der Waals surface area contributed by atoms with E-state index in [-0.39, 0.29) is 18.3 Å². The van der Waals surface area contributed by atoms with Crippen molar-refractivity contribution in [3.63, 3.8) is 0 Å². The molecule has 0 bridgehead atoms. The van der Waals surface area contributed by atoms with Crippen LogP contribution in [-0.4, -0.2) is 65.0 Å². The van der Waals surface area contributed by atoms with Crippen LogP contribution in [0.5, 0.6) is 0 Å². The third kappa shape index (κ3) is 4.29. The zero-order valence-electron chi connectivity index (χ0n) is 20.8. The second-order valence-electron chi connectivity index (χ2n) is 9.63. The molecular weight excluding hydrogens is 446 g/mol. The molecule has 2 aliphatic heterocycles. The number of carbonyl (C=O) groups is 1. The average molecular weight is 482 g/mol. The number of pyridine rings is 1. The molecule has 0 spiro atoms. The first-order valence-electron chi connectivity index (χ1n) is 12.3. The van der Waals surface area contributed by atoms with E-state index >= 15 is 0 Å². The van der Waals surface area contributed by atoms with Crippen LogP contribution in [0.2, 0.25) is 0 Å². The molecular formula is C27H36ClN5O. The van der Waals surface area contributed by atoms with Gasteiger partial charge in [0.1, 0.15) is 5.69 Å². The molecule has 0 unspecified atom stereocenters. The summed E-state index contributed by atoms with van der Waals surface area (Å²) >= 11 is 0. The minimum absolute atomic E-state index is 0. The van der Waals surface area contributed by atoms with Crippen molar-refractivity contribution < 1.29 is 4.79 Å². The number of hydrogen-bond acceptors (Lipinski definition) is 4. The second-order valence-corrected chi connectivity index (χ2v) is 9.63. The number of anilines is 1. The Bertz CT molecular complexity index is 1200. The molecule has 6 nitrogen and oxygen atoms in total. The number of nitrogens with zero attached hydrogens (tertiary/aromatic N) is 5. The number of aromatic nitrogens is 2. The van der Waals surface area contributed by atoms with Crippen LogP contribution < -0.4 is 4.90 Å². The van der Waals surface area contributed by atoms with E-state index in [9.17, 15) is 4.79 Å². The van der Waals surface area contributed by atoms with Crippen molar-refractivity contribution in [2.24, 2.45) is 0 Å². The van der Waals surface area contributed by atoms with Gasteiger partial charge in [-0.2, -0.15) is 0 Å². The molecule has 1 amide bonds. The van der Waals surface area contributed by atoms with Crippen LogP contribution in [0.15, 0.2) is 30.3 Å². The molecule has 5 rings (SSSR count). The Balaban J connectivity index is 0.00000274. The van der Waals surface area contributed by atoms with Gasteiger partial charge in [0.25, 0.3) is 5.91 Å². The highest BCUT2D eigenvalue weighted by Crippen LogP contribution is 2.35. The fourth-order valence-corrected chi connectivity index (χ4v) is 5.32. The lowest BCUT2D eigenvalue weighted by Crippen LogP contribution is -2.47. The summed E-state index contributed by atoms with van der Waals surface area (Å²) in [4.78, 5) is 25.2. The minimum atomic E-state index is 0. The zero-order chi connectivity index (χ0) is 23.1. The predicted octanol–water partition coefficient (Wildman–Crippen LogP) is 4.44. The van der Waals surface area contributed by atoms with Gasteiger partial charge in [0.2, 0.25) is 0 Å². The number of aryl methyl sites for hydroxylation is 2. The number of benzene rings is 1. The Kier molecular flexibility index (Phi) is 7.20. The molecule has 0 aliphatic carbocycles.